The molecule has 0 spiro atoms. The fraction of sp³-hybridized carbons (Fsp3) is 0.667. The van der Waals surface area contributed by atoms with Crippen LogP contribution in [0.2, 0.25) is 0 Å². The van der Waals surface area contributed by atoms with E-state index in [1.165, 1.54) is 4.68 Å². The predicted octanol–water partition coefficient (Wildman–Crippen LogP) is 1.60. The molecule has 18 heavy (non-hydrogen) atoms. The van der Waals surface area contributed by atoms with Crippen molar-refractivity contribution >= 4 is 21.6 Å². The average Bonchev–Trinajstić information content (AvgIpc) is 2.34. The normalized spacial score (nSPS) is 25.6. The second kappa shape index (κ2) is 4.66. The van der Waals surface area contributed by atoms with Crippen LogP contribution < -0.4 is 10.9 Å². The minimum Gasteiger partial charge on any atom is -0.392 e. The summed E-state index contributed by atoms with van der Waals surface area (Å²) in [5.41, 5.74) is 0.369. The molecule has 100 valence electrons. The highest BCUT2D eigenvalue weighted by atomic mass is 79.9. The van der Waals surface area contributed by atoms with Crippen LogP contribution in [0.3, 0.4) is 0 Å². The third-order valence-electron chi connectivity index (χ3n) is 3.83. The summed E-state index contributed by atoms with van der Waals surface area (Å²) in [6.45, 7) is 6.44. The third kappa shape index (κ3) is 2.07. The molecule has 6 heteroatoms. The van der Waals surface area contributed by atoms with E-state index < -0.39 is 0 Å². The Morgan fingerprint density at radius 3 is 2.83 bits per heavy atom. The summed E-state index contributed by atoms with van der Waals surface area (Å²) in [6.07, 6.45) is 2.05. The molecular formula is C12H18BrN3O2. The molecule has 0 bridgehead atoms. The lowest BCUT2D eigenvalue weighted by Gasteiger charge is -2.49. The highest BCUT2D eigenvalue weighted by Gasteiger charge is 2.47. The van der Waals surface area contributed by atoms with Crippen molar-refractivity contribution in [3.05, 3.63) is 21.0 Å². The second-order valence-electron chi connectivity index (χ2n) is 5.26. The summed E-state index contributed by atoms with van der Waals surface area (Å²) >= 11 is 3.31. The van der Waals surface area contributed by atoms with Crippen LogP contribution in [-0.2, 0) is 6.54 Å². The quantitative estimate of drug-likeness (QED) is 0.889. The molecule has 0 radical (unpaired) electrons. The molecule has 5 nitrogen and oxygen atoms in total. The number of aromatic nitrogens is 2. The molecule has 2 rings (SSSR count). The molecular weight excluding hydrogens is 298 g/mol. The Morgan fingerprint density at radius 2 is 2.33 bits per heavy atom. The Bertz CT molecular complexity index is 513. The van der Waals surface area contributed by atoms with Crippen molar-refractivity contribution in [1.82, 2.24) is 9.78 Å². The zero-order valence-electron chi connectivity index (χ0n) is 10.8. The van der Waals surface area contributed by atoms with E-state index in [9.17, 15) is 9.90 Å². The fourth-order valence-corrected chi connectivity index (χ4v) is 2.55. The van der Waals surface area contributed by atoms with Crippen molar-refractivity contribution < 1.29 is 5.11 Å². The monoisotopic (exact) mass is 315 g/mol. The van der Waals surface area contributed by atoms with Crippen molar-refractivity contribution in [1.29, 1.82) is 0 Å². The molecule has 0 saturated heterocycles. The summed E-state index contributed by atoms with van der Waals surface area (Å²) in [7, 11) is 0. The van der Waals surface area contributed by atoms with Crippen LogP contribution >= 0.6 is 15.9 Å². The molecule has 1 aliphatic rings. The van der Waals surface area contributed by atoms with Gasteiger partial charge in [-0.1, -0.05) is 13.8 Å². The summed E-state index contributed by atoms with van der Waals surface area (Å²) in [5, 5.41) is 17.1. The standard InChI is InChI=1S/C12H18BrN3O2/c1-4-16-11(18)10(13)7(6-14-16)15-8-5-9(17)12(8,2)3/h6,8-9,15,17H,4-5H2,1-3H3. The number of anilines is 1. The van der Waals surface area contributed by atoms with Crippen LogP contribution in [0, 0.1) is 5.41 Å². The second-order valence-corrected chi connectivity index (χ2v) is 6.06. The first-order valence-corrected chi connectivity index (χ1v) is 6.87. The Hall–Kier alpha value is -0.880. The van der Waals surface area contributed by atoms with Gasteiger partial charge in [0.25, 0.3) is 5.56 Å². The Morgan fingerprint density at radius 1 is 1.67 bits per heavy atom. The number of rotatable bonds is 3. The zero-order valence-corrected chi connectivity index (χ0v) is 12.4. The fourth-order valence-electron chi connectivity index (χ4n) is 2.13. The van der Waals surface area contributed by atoms with Gasteiger partial charge in [0, 0.05) is 18.0 Å². The summed E-state index contributed by atoms with van der Waals surface area (Å²) in [4.78, 5) is 11.9. The first-order chi connectivity index (χ1) is 8.37. The topological polar surface area (TPSA) is 67.2 Å². The molecule has 2 unspecified atom stereocenters. The molecule has 0 aliphatic heterocycles. The predicted molar refractivity (Wildman–Crippen MR) is 73.7 cm³/mol. The number of hydrogen-bond donors (Lipinski definition) is 2. The SMILES string of the molecule is CCn1ncc(NC2CC(O)C2(C)C)c(Br)c1=O. The van der Waals surface area contributed by atoms with Gasteiger partial charge in [-0.15, -0.1) is 0 Å². The zero-order chi connectivity index (χ0) is 13.5. The van der Waals surface area contributed by atoms with Crippen LogP contribution in [-0.4, -0.2) is 27.0 Å². The van der Waals surface area contributed by atoms with Gasteiger partial charge in [0.1, 0.15) is 4.47 Å². The average molecular weight is 316 g/mol. The van der Waals surface area contributed by atoms with E-state index in [0.29, 0.717) is 23.1 Å². The van der Waals surface area contributed by atoms with E-state index in [0.717, 1.165) is 0 Å². The number of halogens is 1. The van der Waals surface area contributed by atoms with Gasteiger partial charge in [-0.3, -0.25) is 4.79 Å². The number of hydrogen-bond acceptors (Lipinski definition) is 4. The van der Waals surface area contributed by atoms with Crippen molar-refractivity contribution in [3.63, 3.8) is 0 Å². The molecule has 2 atom stereocenters. The van der Waals surface area contributed by atoms with Gasteiger partial charge in [-0.2, -0.15) is 5.10 Å². The van der Waals surface area contributed by atoms with E-state index in [2.05, 4.69) is 26.3 Å². The number of aryl methyl sites for hydroxylation is 1. The number of aliphatic hydroxyl groups is 1. The largest absolute Gasteiger partial charge is 0.392 e. The molecule has 1 aromatic heterocycles. The number of nitrogens with zero attached hydrogens (tertiary/aromatic N) is 2. The first-order valence-electron chi connectivity index (χ1n) is 6.08. The van der Waals surface area contributed by atoms with Crippen LogP contribution in [0.15, 0.2) is 15.5 Å². The van der Waals surface area contributed by atoms with Crippen molar-refractivity contribution in [2.45, 2.75) is 45.9 Å². The van der Waals surface area contributed by atoms with Gasteiger partial charge in [0.05, 0.1) is 18.0 Å². The Kier molecular flexibility index (Phi) is 3.51. The van der Waals surface area contributed by atoms with Crippen LogP contribution in [0.5, 0.6) is 0 Å². The van der Waals surface area contributed by atoms with E-state index in [-0.39, 0.29) is 23.1 Å². The maximum Gasteiger partial charge on any atom is 0.283 e. The Balaban J connectivity index is 2.22. The van der Waals surface area contributed by atoms with Gasteiger partial charge >= 0.3 is 0 Å². The lowest BCUT2D eigenvalue weighted by molar-refractivity contribution is -0.0510. The van der Waals surface area contributed by atoms with Gasteiger partial charge in [0.2, 0.25) is 0 Å². The molecule has 2 N–H and O–H groups in total. The summed E-state index contributed by atoms with van der Waals surface area (Å²) in [5.74, 6) is 0. The molecule has 0 aromatic carbocycles. The van der Waals surface area contributed by atoms with Crippen molar-refractivity contribution in [3.8, 4) is 0 Å². The Labute approximate surface area is 114 Å². The van der Waals surface area contributed by atoms with Crippen molar-refractivity contribution in [2.75, 3.05) is 5.32 Å². The van der Waals surface area contributed by atoms with Gasteiger partial charge in [-0.25, -0.2) is 4.68 Å². The molecule has 1 aliphatic carbocycles. The van der Waals surface area contributed by atoms with Crippen molar-refractivity contribution in [2.24, 2.45) is 5.41 Å². The third-order valence-corrected chi connectivity index (χ3v) is 4.60. The molecule has 0 amide bonds. The number of aliphatic hydroxyl groups excluding tert-OH is 1. The molecule has 1 saturated carbocycles. The summed E-state index contributed by atoms with van der Waals surface area (Å²) in [6, 6.07) is 0.155. The molecule has 1 heterocycles. The highest BCUT2D eigenvalue weighted by molar-refractivity contribution is 9.10. The van der Waals surface area contributed by atoms with E-state index >= 15 is 0 Å². The minimum atomic E-state index is -0.294. The van der Waals surface area contributed by atoms with E-state index in [1.54, 1.807) is 6.20 Å². The van der Waals surface area contributed by atoms with Crippen LogP contribution in [0.1, 0.15) is 27.2 Å². The maximum absolute atomic E-state index is 11.9. The van der Waals surface area contributed by atoms with Gasteiger partial charge < -0.3 is 10.4 Å². The van der Waals surface area contributed by atoms with Gasteiger partial charge in [-0.05, 0) is 29.3 Å². The number of nitrogens with one attached hydrogen (secondary N) is 1. The van der Waals surface area contributed by atoms with Gasteiger partial charge in [0.15, 0.2) is 0 Å². The lowest BCUT2D eigenvalue weighted by Crippen LogP contribution is -2.57. The van der Waals surface area contributed by atoms with Crippen LogP contribution in [0.25, 0.3) is 0 Å². The summed E-state index contributed by atoms with van der Waals surface area (Å²) < 4.78 is 1.90. The van der Waals surface area contributed by atoms with Crippen LogP contribution in [0.4, 0.5) is 5.69 Å². The molecule has 1 aromatic rings. The smallest absolute Gasteiger partial charge is 0.283 e. The maximum atomic E-state index is 11.9. The van der Waals surface area contributed by atoms with E-state index in [1.807, 2.05) is 20.8 Å². The highest BCUT2D eigenvalue weighted by Crippen LogP contribution is 2.42. The first kappa shape index (κ1) is 13.5. The molecule has 1 fully saturated rings. The lowest BCUT2D eigenvalue weighted by atomic mass is 9.64. The minimum absolute atomic E-state index is 0.139. The van der Waals surface area contributed by atoms with E-state index in [4.69, 9.17) is 0 Å².